The smallest absolute Gasteiger partial charge is 0.114 e. The third-order valence-corrected chi connectivity index (χ3v) is 1.43. The zero-order chi connectivity index (χ0) is 6.85. The highest BCUT2D eigenvalue weighted by Crippen LogP contribution is 2.15. The molecule has 0 aliphatic heterocycles. The summed E-state index contributed by atoms with van der Waals surface area (Å²) in [6.07, 6.45) is 3.27. The van der Waals surface area contributed by atoms with E-state index in [1.165, 1.54) is 6.08 Å². The number of allylic oxidation sites excluding steroid dienone is 1. The molecule has 0 amide bonds. The van der Waals surface area contributed by atoms with Crippen LogP contribution >= 0.6 is 0 Å². The first-order valence-corrected chi connectivity index (χ1v) is 2.95. The molecule has 0 aromatic carbocycles. The Morgan fingerprint density at radius 2 is 2.33 bits per heavy atom. The van der Waals surface area contributed by atoms with Crippen LogP contribution < -0.4 is 0 Å². The largest absolute Gasteiger partial charge is 0.508 e. The Morgan fingerprint density at radius 3 is 2.78 bits per heavy atom. The molecule has 9 heavy (non-hydrogen) atoms. The molecule has 50 valence electrons. The number of rotatable bonds is 0. The van der Waals surface area contributed by atoms with E-state index in [0.29, 0.717) is 12.2 Å². The first-order valence-electron chi connectivity index (χ1n) is 2.95. The molecule has 0 saturated heterocycles. The second-order valence-electron chi connectivity index (χ2n) is 2.30. The van der Waals surface area contributed by atoms with Crippen molar-refractivity contribution < 1.29 is 10.2 Å². The van der Waals surface area contributed by atoms with E-state index in [-0.39, 0.29) is 0 Å². The maximum Gasteiger partial charge on any atom is 0.114 e. The Balaban J connectivity index is 2.75. The normalized spacial score (nSPS) is 27.1. The van der Waals surface area contributed by atoms with Crippen LogP contribution in [-0.2, 0) is 0 Å². The Labute approximate surface area is 54.1 Å². The molecule has 0 bridgehead atoms. The van der Waals surface area contributed by atoms with E-state index in [1.807, 2.05) is 6.92 Å². The summed E-state index contributed by atoms with van der Waals surface area (Å²) in [6, 6.07) is 0. The molecule has 1 atom stereocenters. The van der Waals surface area contributed by atoms with E-state index in [4.69, 9.17) is 10.2 Å². The molecule has 0 heterocycles. The lowest BCUT2D eigenvalue weighted by molar-refractivity contribution is 0.217. The number of aliphatic hydroxyl groups is 2. The zero-order valence-electron chi connectivity index (χ0n) is 5.33. The molecule has 0 saturated carbocycles. The van der Waals surface area contributed by atoms with Crippen molar-refractivity contribution in [3.8, 4) is 0 Å². The van der Waals surface area contributed by atoms with Gasteiger partial charge in [0.15, 0.2) is 0 Å². The molecule has 2 nitrogen and oxygen atoms in total. The van der Waals surface area contributed by atoms with Gasteiger partial charge in [-0.25, -0.2) is 0 Å². The van der Waals surface area contributed by atoms with Crippen LogP contribution in [0, 0.1) is 0 Å². The van der Waals surface area contributed by atoms with Crippen molar-refractivity contribution in [1.29, 1.82) is 0 Å². The van der Waals surface area contributed by atoms with Crippen LogP contribution in [0.3, 0.4) is 0 Å². The summed E-state index contributed by atoms with van der Waals surface area (Å²) < 4.78 is 0. The lowest BCUT2D eigenvalue weighted by atomic mass is 10.0. The maximum absolute atomic E-state index is 8.98. The van der Waals surface area contributed by atoms with Crippen LogP contribution in [0.2, 0.25) is 0 Å². The van der Waals surface area contributed by atoms with E-state index in [1.54, 1.807) is 6.08 Å². The summed E-state index contributed by atoms with van der Waals surface area (Å²) in [5.74, 6) is 0.292. The molecule has 0 unspecified atom stereocenters. The first-order chi connectivity index (χ1) is 4.20. The molecule has 2 heteroatoms. The van der Waals surface area contributed by atoms with Crippen LogP contribution in [0.5, 0.6) is 0 Å². The van der Waals surface area contributed by atoms with Gasteiger partial charge in [0.05, 0.1) is 6.10 Å². The highest BCUT2D eigenvalue weighted by molar-refractivity contribution is 5.24. The Hall–Kier alpha value is -0.760. The van der Waals surface area contributed by atoms with E-state index in [2.05, 4.69) is 0 Å². The average molecular weight is 126 g/mol. The highest BCUT2D eigenvalue weighted by Gasteiger charge is 2.08. The lowest BCUT2D eigenvalue weighted by Crippen LogP contribution is -2.07. The summed E-state index contributed by atoms with van der Waals surface area (Å²) in [6.45, 7) is 1.81. The topological polar surface area (TPSA) is 40.5 Å². The van der Waals surface area contributed by atoms with Crippen molar-refractivity contribution >= 4 is 0 Å². The van der Waals surface area contributed by atoms with Crippen LogP contribution in [0.1, 0.15) is 13.3 Å². The Bertz CT molecular complexity index is 168. The van der Waals surface area contributed by atoms with E-state index >= 15 is 0 Å². The zero-order valence-corrected chi connectivity index (χ0v) is 5.33. The molecule has 0 aromatic heterocycles. The van der Waals surface area contributed by atoms with Gasteiger partial charge in [-0.15, -0.1) is 0 Å². The SMILES string of the molecule is CC1=C(O)C=C[C@H](O)C1. The van der Waals surface area contributed by atoms with E-state index in [0.717, 1.165) is 5.57 Å². The Morgan fingerprint density at radius 1 is 1.67 bits per heavy atom. The average Bonchev–Trinajstić information content (AvgIpc) is 1.80. The molecule has 0 fully saturated rings. The fraction of sp³-hybridized carbons (Fsp3) is 0.429. The molecule has 1 rings (SSSR count). The standard InChI is InChI=1S/C7H10O2/c1-5-4-6(8)2-3-7(5)9/h2-3,6,8-9H,4H2,1H3/t6-/m0/s1. The molecule has 0 radical (unpaired) electrons. The second-order valence-corrected chi connectivity index (χ2v) is 2.30. The molecular formula is C7H10O2. The van der Waals surface area contributed by atoms with Gasteiger partial charge in [0.2, 0.25) is 0 Å². The van der Waals surface area contributed by atoms with Crippen molar-refractivity contribution in [1.82, 2.24) is 0 Å². The minimum absolute atomic E-state index is 0.292. The van der Waals surface area contributed by atoms with Crippen molar-refractivity contribution in [2.45, 2.75) is 19.4 Å². The third kappa shape index (κ3) is 1.33. The second kappa shape index (κ2) is 2.23. The van der Waals surface area contributed by atoms with E-state index in [9.17, 15) is 0 Å². The van der Waals surface area contributed by atoms with Crippen molar-refractivity contribution in [2.75, 3.05) is 0 Å². The minimum Gasteiger partial charge on any atom is -0.508 e. The summed E-state index contributed by atoms with van der Waals surface area (Å²) in [5, 5.41) is 17.9. The summed E-state index contributed by atoms with van der Waals surface area (Å²) in [7, 11) is 0. The first kappa shape index (κ1) is 6.36. The summed E-state index contributed by atoms with van der Waals surface area (Å²) in [5.41, 5.74) is 0.852. The third-order valence-electron chi connectivity index (χ3n) is 1.43. The van der Waals surface area contributed by atoms with Gasteiger partial charge in [0, 0.05) is 6.42 Å². The number of hydrogen-bond acceptors (Lipinski definition) is 2. The molecule has 0 aromatic rings. The van der Waals surface area contributed by atoms with Crippen molar-refractivity contribution in [2.24, 2.45) is 0 Å². The van der Waals surface area contributed by atoms with Crippen LogP contribution in [-0.4, -0.2) is 16.3 Å². The molecule has 0 spiro atoms. The maximum atomic E-state index is 8.98. The van der Waals surface area contributed by atoms with Gasteiger partial charge in [-0.1, -0.05) is 6.08 Å². The summed E-state index contributed by atoms with van der Waals surface area (Å²) in [4.78, 5) is 0. The van der Waals surface area contributed by atoms with Gasteiger partial charge < -0.3 is 10.2 Å². The fourth-order valence-electron chi connectivity index (χ4n) is 0.831. The summed E-state index contributed by atoms with van der Waals surface area (Å²) >= 11 is 0. The van der Waals surface area contributed by atoms with Crippen molar-refractivity contribution in [3.05, 3.63) is 23.5 Å². The fourth-order valence-corrected chi connectivity index (χ4v) is 0.831. The van der Waals surface area contributed by atoms with Gasteiger partial charge in [0.1, 0.15) is 5.76 Å². The van der Waals surface area contributed by atoms with Crippen LogP contribution in [0.25, 0.3) is 0 Å². The van der Waals surface area contributed by atoms with E-state index < -0.39 is 6.10 Å². The Kier molecular flexibility index (Phi) is 1.58. The molecule has 1 aliphatic carbocycles. The van der Waals surface area contributed by atoms with Gasteiger partial charge in [0.25, 0.3) is 0 Å². The van der Waals surface area contributed by atoms with Crippen molar-refractivity contribution in [3.63, 3.8) is 0 Å². The van der Waals surface area contributed by atoms with Gasteiger partial charge in [-0.2, -0.15) is 0 Å². The predicted octanol–water partition coefficient (Wildman–Crippen LogP) is 1.14. The molecular weight excluding hydrogens is 116 g/mol. The lowest BCUT2D eigenvalue weighted by Gasteiger charge is -2.11. The predicted molar refractivity (Wildman–Crippen MR) is 35.1 cm³/mol. The minimum atomic E-state index is -0.402. The van der Waals surface area contributed by atoms with Gasteiger partial charge in [-0.3, -0.25) is 0 Å². The monoisotopic (exact) mass is 126 g/mol. The van der Waals surface area contributed by atoms with Gasteiger partial charge in [-0.05, 0) is 18.6 Å². The van der Waals surface area contributed by atoms with Crippen LogP contribution in [0.4, 0.5) is 0 Å². The number of aliphatic hydroxyl groups excluding tert-OH is 2. The van der Waals surface area contributed by atoms with Gasteiger partial charge >= 0.3 is 0 Å². The molecule has 2 N–H and O–H groups in total. The molecule has 1 aliphatic rings. The highest BCUT2D eigenvalue weighted by atomic mass is 16.3. The van der Waals surface area contributed by atoms with Crippen LogP contribution in [0.15, 0.2) is 23.5 Å². The number of hydrogen-bond donors (Lipinski definition) is 2. The quantitative estimate of drug-likeness (QED) is 0.511.